The number of nitrogens with one attached hydrogen (secondary N) is 1. The maximum atomic E-state index is 12.5. The van der Waals surface area contributed by atoms with Crippen molar-refractivity contribution in [3.05, 3.63) is 72.6 Å². The first-order valence-corrected chi connectivity index (χ1v) is 8.17. The summed E-state index contributed by atoms with van der Waals surface area (Å²) < 4.78 is 40.1. The molecule has 0 aliphatic heterocycles. The number of halogens is 2. The maximum absolute atomic E-state index is 12.5. The molecule has 3 rings (SSSR count). The van der Waals surface area contributed by atoms with Gasteiger partial charge in [-0.1, -0.05) is 6.07 Å². The van der Waals surface area contributed by atoms with E-state index in [4.69, 9.17) is 9.47 Å². The molecule has 0 atom stereocenters. The van der Waals surface area contributed by atoms with Crippen LogP contribution < -0.4 is 19.5 Å². The van der Waals surface area contributed by atoms with E-state index in [0.29, 0.717) is 17.2 Å². The highest BCUT2D eigenvalue weighted by Gasteiger charge is 2.15. The Kier molecular flexibility index (Phi) is 6.01. The zero-order chi connectivity index (χ0) is 19.9. The van der Waals surface area contributed by atoms with Gasteiger partial charge in [0.05, 0.1) is 7.11 Å². The second kappa shape index (κ2) is 8.81. The molecule has 3 aromatic rings. The quantitative estimate of drug-likeness (QED) is 0.635. The maximum Gasteiger partial charge on any atom is 0.387 e. The molecule has 1 amide bonds. The average molecular weight is 386 g/mol. The number of hydrogen-bond donors (Lipinski definition) is 1. The predicted octanol–water partition coefficient (Wildman–Crippen LogP) is 4.74. The number of amides is 1. The van der Waals surface area contributed by atoms with Crippen LogP contribution in [0.5, 0.6) is 23.0 Å². The standard InChI is InChI=1S/C20H16F2N2O4/c1-26-17-6-5-13(11-18(17)28-20(21)22)19(25)24-14-3-2-4-16(12-14)27-15-7-9-23-10-8-15/h2-12,20H,1H3,(H,24,25). The van der Waals surface area contributed by atoms with Crippen LogP contribution in [0.25, 0.3) is 0 Å². The van der Waals surface area contributed by atoms with Crippen molar-refractivity contribution >= 4 is 11.6 Å². The summed E-state index contributed by atoms with van der Waals surface area (Å²) in [5, 5.41) is 2.69. The number of alkyl halides is 2. The lowest BCUT2D eigenvalue weighted by atomic mass is 10.2. The summed E-state index contributed by atoms with van der Waals surface area (Å²) in [6.45, 7) is -3.03. The predicted molar refractivity (Wildman–Crippen MR) is 98.3 cm³/mol. The van der Waals surface area contributed by atoms with Gasteiger partial charge < -0.3 is 19.5 Å². The number of carbonyl (C=O) groups is 1. The van der Waals surface area contributed by atoms with Gasteiger partial charge >= 0.3 is 6.61 Å². The van der Waals surface area contributed by atoms with Gasteiger partial charge in [-0.3, -0.25) is 9.78 Å². The van der Waals surface area contributed by atoms with Gasteiger partial charge in [0.15, 0.2) is 11.5 Å². The van der Waals surface area contributed by atoms with Crippen molar-refractivity contribution in [3.63, 3.8) is 0 Å². The molecule has 144 valence electrons. The molecule has 0 aliphatic rings. The number of pyridine rings is 1. The summed E-state index contributed by atoms with van der Waals surface area (Å²) in [6.07, 6.45) is 3.20. The zero-order valence-corrected chi connectivity index (χ0v) is 14.8. The van der Waals surface area contributed by atoms with E-state index in [2.05, 4.69) is 15.0 Å². The number of benzene rings is 2. The third-order valence-corrected chi connectivity index (χ3v) is 3.62. The highest BCUT2D eigenvalue weighted by Crippen LogP contribution is 2.30. The molecule has 1 aromatic heterocycles. The molecule has 0 unspecified atom stereocenters. The van der Waals surface area contributed by atoms with Crippen molar-refractivity contribution in [3.8, 4) is 23.0 Å². The second-order valence-corrected chi connectivity index (χ2v) is 5.51. The molecule has 8 heteroatoms. The van der Waals surface area contributed by atoms with Gasteiger partial charge in [0.25, 0.3) is 5.91 Å². The first-order valence-electron chi connectivity index (χ1n) is 8.17. The van der Waals surface area contributed by atoms with E-state index in [-0.39, 0.29) is 17.1 Å². The lowest BCUT2D eigenvalue weighted by Crippen LogP contribution is -2.13. The fraction of sp³-hybridized carbons (Fsp3) is 0.100. The lowest BCUT2D eigenvalue weighted by Gasteiger charge is -2.12. The van der Waals surface area contributed by atoms with Crippen LogP contribution in [-0.2, 0) is 0 Å². The molecule has 0 spiro atoms. The molecule has 0 aliphatic carbocycles. The molecule has 28 heavy (non-hydrogen) atoms. The molecule has 2 aromatic carbocycles. The molecule has 0 radical (unpaired) electrons. The van der Waals surface area contributed by atoms with Crippen molar-refractivity contribution in [2.24, 2.45) is 0 Å². The molecule has 0 saturated heterocycles. The monoisotopic (exact) mass is 386 g/mol. The Labute approximate surface area is 159 Å². The van der Waals surface area contributed by atoms with E-state index >= 15 is 0 Å². The van der Waals surface area contributed by atoms with Crippen molar-refractivity contribution in [2.45, 2.75) is 6.61 Å². The summed E-state index contributed by atoms with van der Waals surface area (Å²) >= 11 is 0. The number of ether oxygens (including phenoxy) is 3. The van der Waals surface area contributed by atoms with Crippen LogP contribution in [-0.4, -0.2) is 24.6 Å². The van der Waals surface area contributed by atoms with Crippen LogP contribution >= 0.6 is 0 Å². The van der Waals surface area contributed by atoms with Crippen LogP contribution in [0.2, 0.25) is 0 Å². The van der Waals surface area contributed by atoms with Gasteiger partial charge in [0, 0.05) is 29.7 Å². The van der Waals surface area contributed by atoms with E-state index in [1.54, 1.807) is 48.8 Å². The summed E-state index contributed by atoms with van der Waals surface area (Å²) in [5.74, 6) is 0.496. The highest BCUT2D eigenvalue weighted by molar-refractivity contribution is 6.04. The van der Waals surface area contributed by atoms with E-state index < -0.39 is 12.5 Å². The number of anilines is 1. The number of rotatable bonds is 7. The third kappa shape index (κ3) is 4.94. The Bertz CT molecular complexity index is 952. The summed E-state index contributed by atoms with van der Waals surface area (Å²) in [5.41, 5.74) is 0.612. The van der Waals surface area contributed by atoms with Gasteiger partial charge in [-0.2, -0.15) is 8.78 Å². The summed E-state index contributed by atoms with van der Waals surface area (Å²) in [7, 11) is 1.32. The molecular weight excluding hydrogens is 370 g/mol. The Balaban J connectivity index is 1.75. The Morgan fingerprint density at radius 1 is 1.00 bits per heavy atom. The molecular formula is C20H16F2N2O4. The minimum Gasteiger partial charge on any atom is -0.493 e. The van der Waals surface area contributed by atoms with Gasteiger partial charge in [-0.25, -0.2) is 0 Å². The van der Waals surface area contributed by atoms with E-state index in [1.807, 2.05) is 0 Å². The molecule has 0 saturated carbocycles. The lowest BCUT2D eigenvalue weighted by molar-refractivity contribution is -0.0512. The van der Waals surface area contributed by atoms with Crippen molar-refractivity contribution in [2.75, 3.05) is 12.4 Å². The fourth-order valence-corrected chi connectivity index (χ4v) is 2.39. The van der Waals surface area contributed by atoms with Crippen LogP contribution in [0.3, 0.4) is 0 Å². The average Bonchev–Trinajstić information content (AvgIpc) is 2.68. The van der Waals surface area contributed by atoms with Crippen LogP contribution in [0.15, 0.2) is 67.0 Å². The smallest absolute Gasteiger partial charge is 0.387 e. The SMILES string of the molecule is COc1ccc(C(=O)Nc2cccc(Oc3ccncc3)c2)cc1OC(F)F. The van der Waals surface area contributed by atoms with Crippen molar-refractivity contribution in [1.29, 1.82) is 0 Å². The van der Waals surface area contributed by atoms with Gasteiger partial charge in [-0.05, 0) is 42.5 Å². The normalized spacial score (nSPS) is 10.4. The molecule has 1 heterocycles. The van der Waals surface area contributed by atoms with Gasteiger partial charge in [0.1, 0.15) is 11.5 Å². The molecule has 0 fully saturated rings. The molecule has 1 N–H and O–H groups in total. The Morgan fingerprint density at radius 2 is 1.79 bits per heavy atom. The van der Waals surface area contributed by atoms with Gasteiger partial charge in [-0.15, -0.1) is 0 Å². The van der Waals surface area contributed by atoms with Crippen molar-refractivity contribution < 1.29 is 27.8 Å². The largest absolute Gasteiger partial charge is 0.493 e. The van der Waals surface area contributed by atoms with E-state index in [0.717, 1.165) is 0 Å². The third-order valence-electron chi connectivity index (χ3n) is 3.62. The minimum absolute atomic E-state index is 0.101. The number of nitrogens with zero attached hydrogens (tertiary/aromatic N) is 1. The first kappa shape index (κ1) is 19.1. The van der Waals surface area contributed by atoms with Crippen LogP contribution in [0, 0.1) is 0 Å². The number of carbonyl (C=O) groups excluding carboxylic acids is 1. The van der Waals surface area contributed by atoms with Gasteiger partial charge in [0.2, 0.25) is 0 Å². The fourth-order valence-electron chi connectivity index (χ4n) is 2.39. The summed E-state index contributed by atoms with van der Waals surface area (Å²) in [6, 6.07) is 14.2. The van der Waals surface area contributed by atoms with Crippen LogP contribution in [0.1, 0.15) is 10.4 Å². The van der Waals surface area contributed by atoms with Crippen molar-refractivity contribution in [1.82, 2.24) is 4.98 Å². The van der Waals surface area contributed by atoms with E-state index in [1.165, 1.54) is 25.3 Å². The highest BCUT2D eigenvalue weighted by atomic mass is 19.3. The Hall–Kier alpha value is -3.68. The molecule has 6 nitrogen and oxygen atoms in total. The van der Waals surface area contributed by atoms with E-state index in [9.17, 15) is 13.6 Å². The van der Waals surface area contributed by atoms with Crippen LogP contribution in [0.4, 0.5) is 14.5 Å². The number of methoxy groups -OCH3 is 1. The first-order chi connectivity index (χ1) is 13.5. The minimum atomic E-state index is -3.03. The zero-order valence-electron chi connectivity index (χ0n) is 14.8. The molecule has 0 bridgehead atoms. The second-order valence-electron chi connectivity index (χ2n) is 5.51. The number of aromatic nitrogens is 1. The number of hydrogen-bond acceptors (Lipinski definition) is 5. The Morgan fingerprint density at radius 3 is 2.50 bits per heavy atom. The topological polar surface area (TPSA) is 69.7 Å². The summed E-state index contributed by atoms with van der Waals surface area (Å²) in [4.78, 5) is 16.4.